The lowest BCUT2D eigenvalue weighted by atomic mass is 10.1. The summed E-state index contributed by atoms with van der Waals surface area (Å²) in [5.74, 6) is -0.244. The van der Waals surface area contributed by atoms with E-state index in [4.69, 9.17) is 11.6 Å². The number of amides is 1. The molecule has 1 amide bonds. The Kier molecular flexibility index (Phi) is 5.66. The topological polar surface area (TPSA) is 36.4 Å². The largest absolute Gasteiger partial charge is 0.417 e. The van der Waals surface area contributed by atoms with Crippen molar-refractivity contribution in [3.05, 3.63) is 58.2 Å². The van der Waals surface area contributed by atoms with Gasteiger partial charge >= 0.3 is 12.4 Å². The quantitative estimate of drug-likeness (QED) is 0.637. The van der Waals surface area contributed by atoms with Crippen LogP contribution < -0.4 is 4.90 Å². The van der Waals surface area contributed by atoms with Crippen molar-refractivity contribution in [2.45, 2.75) is 12.4 Å². The first-order valence-electron chi connectivity index (χ1n) is 8.41. The Morgan fingerprint density at radius 3 is 1.93 bits per heavy atom. The van der Waals surface area contributed by atoms with E-state index in [9.17, 15) is 31.1 Å². The second-order valence-corrected chi connectivity index (χ2v) is 6.79. The van der Waals surface area contributed by atoms with E-state index in [1.807, 2.05) is 0 Å². The Morgan fingerprint density at radius 2 is 1.45 bits per heavy atom. The number of hydrogen-bond donors (Lipinski definition) is 0. The van der Waals surface area contributed by atoms with Crippen LogP contribution in [-0.4, -0.2) is 42.0 Å². The molecule has 2 aromatic rings. The highest BCUT2D eigenvalue weighted by atomic mass is 35.5. The van der Waals surface area contributed by atoms with E-state index in [0.29, 0.717) is 6.20 Å². The summed E-state index contributed by atoms with van der Waals surface area (Å²) in [7, 11) is 0. The summed E-state index contributed by atoms with van der Waals surface area (Å²) in [5, 5.41) is -0.151. The lowest BCUT2D eigenvalue weighted by Crippen LogP contribution is -2.49. The van der Waals surface area contributed by atoms with Gasteiger partial charge in [0.25, 0.3) is 5.91 Å². The van der Waals surface area contributed by atoms with Crippen molar-refractivity contribution in [1.29, 1.82) is 0 Å². The molecule has 0 saturated carbocycles. The van der Waals surface area contributed by atoms with E-state index in [1.165, 1.54) is 4.90 Å². The molecule has 156 valence electrons. The van der Waals surface area contributed by atoms with Crippen LogP contribution in [0.4, 0.5) is 32.2 Å². The zero-order chi connectivity index (χ0) is 21.4. The second kappa shape index (κ2) is 7.74. The third-order valence-electron chi connectivity index (χ3n) is 4.47. The Hall–Kier alpha value is -2.49. The summed E-state index contributed by atoms with van der Waals surface area (Å²) in [5.41, 5.74) is -1.68. The summed E-state index contributed by atoms with van der Waals surface area (Å²) in [6, 6.07) is 4.71. The van der Waals surface area contributed by atoms with Gasteiger partial charge in [0, 0.05) is 37.9 Å². The Labute approximate surface area is 166 Å². The lowest BCUT2D eigenvalue weighted by Gasteiger charge is -2.35. The van der Waals surface area contributed by atoms with Crippen LogP contribution in [0.25, 0.3) is 0 Å². The average Bonchev–Trinajstić information content (AvgIpc) is 2.66. The lowest BCUT2D eigenvalue weighted by molar-refractivity contribution is -0.138. The standard InChI is InChI=1S/C18H14ClF6N3O/c19-14-9-13(18(23,24)25)10-26-15(14)27-5-7-28(8-6-27)16(29)11-1-3-12(4-2-11)17(20,21)22/h1-4,9-10H,5-8H2. The molecule has 0 N–H and O–H groups in total. The maximum absolute atomic E-state index is 12.7. The predicted octanol–water partition coefficient (Wildman–Crippen LogP) is 4.74. The third kappa shape index (κ3) is 4.75. The van der Waals surface area contributed by atoms with Crippen LogP contribution in [0.3, 0.4) is 0 Å². The fourth-order valence-electron chi connectivity index (χ4n) is 2.92. The number of nitrogens with zero attached hydrogens (tertiary/aromatic N) is 3. The van der Waals surface area contributed by atoms with E-state index in [2.05, 4.69) is 4.98 Å². The normalized spacial score (nSPS) is 15.6. The molecule has 4 nitrogen and oxygen atoms in total. The molecule has 1 aromatic carbocycles. The van der Waals surface area contributed by atoms with Crippen LogP contribution >= 0.6 is 11.6 Å². The molecule has 11 heteroatoms. The fourth-order valence-corrected chi connectivity index (χ4v) is 3.21. The molecular formula is C18H14ClF6N3O. The maximum Gasteiger partial charge on any atom is 0.417 e. The zero-order valence-electron chi connectivity index (χ0n) is 14.7. The molecule has 0 spiro atoms. The molecule has 29 heavy (non-hydrogen) atoms. The zero-order valence-corrected chi connectivity index (χ0v) is 15.4. The van der Waals surface area contributed by atoms with Crippen molar-refractivity contribution >= 4 is 23.3 Å². The van der Waals surface area contributed by atoms with Gasteiger partial charge in [-0.25, -0.2) is 4.98 Å². The third-order valence-corrected chi connectivity index (χ3v) is 4.75. The molecule has 1 saturated heterocycles. The molecule has 1 aromatic heterocycles. The molecule has 1 fully saturated rings. The molecule has 1 aliphatic rings. The minimum absolute atomic E-state index is 0.122. The monoisotopic (exact) mass is 437 g/mol. The van der Waals surface area contributed by atoms with Gasteiger partial charge in [-0.15, -0.1) is 0 Å². The number of benzene rings is 1. The summed E-state index contributed by atoms with van der Waals surface area (Å²) in [4.78, 5) is 19.4. The van der Waals surface area contributed by atoms with Crippen molar-refractivity contribution in [3.63, 3.8) is 0 Å². The van der Waals surface area contributed by atoms with Gasteiger partial charge in [-0.1, -0.05) is 11.6 Å². The second-order valence-electron chi connectivity index (χ2n) is 6.38. The van der Waals surface area contributed by atoms with E-state index in [1.54, 1.807) is 4.90 Å². The molecule has 1 aliphatic heterocycles. The van der Waals surface area contributed by atoms with Crippen LogP contribution in [0.1, 0.15) is 21.5 Å². The predicted molar refractivity (Wildman–Crippen MR) is 93.8 cm³/mol. The molecule has 2 heterocycles. The molecule has 0 aliphatic carbocycles. The first-order chi connectivity index (χ1) is 13.5. The minimum atomic E-state index is -4.55. The smallest absolute Gasteiger partial charge is 0.352 e. The van der Waals surface area contributed by atoms with Crippen molar-refractivity contribution in [3.8, 4) is 0 Å². The molecule has 3 rings (SSSR count). The van der Waals surface area contributed by atoms with Gasteiger partial charge in [0.1, 0.15) is 5.82 Å². The van der Waals surface area contributed by atoms with E-state index < -0.39 is 29.4 Å². The number of aromatic nitrogens is 1. The van der Waals surface area contributed by atoms with Crippen molar-refractivity contribution in [2.24, 2.45) is 0 Å². The number of anilines is 1. The van der Waals surface area contributed by atoms with Crippen molar-refractivity contribution < 1.29 is 31.1 Å². The van der Waals surface area contributed by atoms with Gasteiger partial charge in [-0.05, 0) is 30.3 Å². The number of rotatable bonds is 2. The fraction of sp³-hybridized carbons (Fsp3) is 0.333. The van der Waals surface area contributed by atoms with Crippen molar-refractivity contribution in [1.82, 2.24) is 9.88 Å². The Bertz CT molecular complexity index is 890. The van der Waals surface area contributed by atoms with Crippen LogP contribution in [-0.2, 0) is 12.4 Å². The van der Waals surface area contributed by atoms with Crippen molar-refractivity contribution in [2.75, 3.05) is 31.1 Å². The number of carbonyl (C=O) groups excluding carboxylic acids is 1. The number of halogens is 7. The van der Waals surface area contributed by atoms with Crippen LogP contribution in [0.2, 0.25) is 5.02 Å². The van der Waals surface area contributed by atoms with Crippen LogP contribution in [0.5, 0.6) is 0 Å². The Morgan fingerprint density at radius 1 is 0.897 bits per heavy atom. The minimum Gasteiger partial charge on any atom is -0.352 e. The molecule has 0 radical (unpaired) electrons. The van der Waals surface area contributed by atoms with Gasteiger partial charge < -0.3 is 9.80 Å². The van der Waals surface area contributed by atoms with Gasteiger partial charge in [0.05, 0.1) is 16.1 Å². The average molecular weight is 438 g/mol. The summed E-state index contributed by atoms with van der Waals surface area (Å²) < 4.78 is 76.0. The first-order valence-corrected chi connectivity index (χ1v) is 8.79. The highest BCUT2D eigenvalue weighted by Crippen LogP contribution is 2.34. The van der Waals surface area contributed by atoms with E-state index >= 15 is 0 Å². The van der Waals surface area contributed by atoms with Gasteiger partial charge in [-0.3, -0.25) is 4.79 Å². The van der Waals surface area contributed by atoms with Gasteiger partial charge in [-0.2, -0.15) is 26.3 Å². The first kappa shape index (κ1) is 21.2. The SMILES string of the molecule is O=C(c1ccc(C(F)(F)F)cc1)N1CCN(c2ncc(C(F)(F)F)cc2Cl)CC1. The van der Waals surface area contributed by atoms with Crippen LogP contribution in [0, 0.1) is 0 Å². The van der Waals surface area contributed by atoms with Gasteiger partial charge in [0.15, 0.2) is 0 Å². The summed E-state index contributed by atoms with van der Waals surface area (Å²) >= 11 is 5.94. The molecule has 0 atom stereocenters. The molecular weight excluding hydrogens is 424 g/mol. The number of hydrogen-bond acceptors (Lipinski definition) is 3. The Balaban J connectivity index is 1.65. The van der Waals surface area contributed by atoms with Gasteiger partial charge in [0.2, 0.25) is 0 Å². The molecule has 0 unspecified atom stereocenters. The van der Waals surface area contributed by atoms with E-state index in [0.717, 1.165) is 30.3 Å². The highest BCUT2D eigenvalue weighted by Gasteiger charge is 2.33. The molecule has 0 bridgehead atoms. The number of pyridine rings is 1. The number of piperazine rings is 1. The summed E-state index contributed by atoms with van der Waals surface area (Å²) in [6.45, 7) is 0.979. The number of carbonyl (C=O) groups is 1. The summed E-state index contributed by atoms with van der Waals surface area (Å²) in [6.07, 6.45) is -8.34. The van der Waals surface area contributed by atoms with E-state index in [-0.39, 0.29) is 42.6 Å². The maximum atomic E-state index is 12.7. The highest BCUT2D eigenvalue weighted by molar-refractivity contribution is 6.33. The number of alkyl halides is 6. The van der Waals surface area contributed by atoms with Crippen LogP contribution in [0.15, 0.2) is 36.5 Å².